The highest BCUT2D eigenvalue weighted by Gasteiger charge is 2.15. The highest BCUT2D eigenvalue weighted by molar-refractivity contribution is 9.08. The van der Waals surface area contributed by atoms with Gasteiger partial charge in [0.15, 0.2) is 0 Å². The zero-order valence-electron chi connectivity index (χ0n) is 11.7. The average molecular weight is 381 g/mol. The van der Waals surface area contributed by atoms with Gasteiger partial charge in [0.25, 0.3) is 0 Å². The lowest BCUT2D eigenvalue weighted by Gasteiger charge is -2.12. The zero-order chi connectivity index (χ0) is 15.9. The van der Waals surface area contributed by atoms with Crippen LogP contribution in [-0.2, 0) is 20.3 Å². The average Bonchev–Trinajstić information content (AvgIpc) is 2.39. The molecule has 0 heterocycles. The van der Waals surface area contributed by atoms with E-state index in [0.717, 1.165) is 5.56 Å². The second kappa shape index (κ2) is 8.08. The van der Waals surface area contributed by atoms with Gasteiger partial charge in [0.1, 0.15) is 5.75 Å². The van der Waals surface area contributed by atoms with Crippen LogP contribution in [0.2, 0.25) is 0 Å². The van der Waals surface area contributed by atoms with Crippen molar-refractivity contribution in [1.29, 1.82) is 0 Å². The summed E-state index contributed by atoms with van der Waals surface area (Å²) in [5, 5.41) is 0.503. The largest absolute Gasteiger partial charge is 0.494 e. The molecule has 0 aliphatic rings. The first kappa shape index (κ1) is 17.6. The highest BCUT2D eigenvalue weighted by atomic mass is 79.9. The molecule has 1 aromatic carbocycles. The lowest BCUT2D eigenvalue weighted by molar-refractivity contribution is 0.159. The quantitative estimate of drug-likeness (QED) is 0.708. The third-order valence-corrected chi connectivity index (χ3v) is 3.79. The molecule has 2 N–H and O–H groups in total. The smallest absolute Gasteiger partial charge is 0.422 e. The van der Waals surface area contributed by atoms with Gasteiger partial charge in [-0.25, -0.2) is 9.52 Å². The van der Waals surface area contributed by atoms with E-state index in [1.54, 1.807) is 29.8 Å². The van der Waals surface area contributed by atoms with Gasteiger partial charge in [0.2, 0.25) is 0 Å². The van der Waals surface area contributed by atoms with Crippen LogP contribution in [0.4, 0.5) is 10.5 Å². The third-order valence-electron chi connectivity index (χ3n) is 2.25. The number of anilines is 1. The van der Waals surface area contributed by atoms with E-state index in [1.807, 2.05) is 6.92 Å². The molecule has 0 saturated heterocycles. The van der Waals surface area contributed by atoms with Gasteiger partial charge in [-0.15, -0.1) is 0 Å². The minimum atomic E-state index is -4.04. The van der Waals surface area contributed by atoms with E-state index in [0.29, 0.717) is 23.4 Å². The molecule has 21 heavy (non-hydrogen) atoms. The molecular weight excluding hydrogens is 364 g/mol. The van der Waals surface area contributed by atoms with E-state index in [9.17, 15) is 13.2 Å². The summed E-state index contributed by atoms with van der Waals surface area (Å²) in [5.41, 5.74) is 1.10. The fraction of sp³-hybridized carbons (Fsp3) is 0.417. The maximum Gasteiger partial charge on any atom is 0.422 e. The van der Waals surface area contributed by atoms with Crippen LogP contribution in [0.25, 0.3) is 0 Å². The van der Waals surface area contributed by atoms with Gasteiger partial charge in [0, 0.05) is 10.9 Å². The number of nitrogens with one attached hydrogen (secondary N) is 2. The van der Waals surface area contributed by atoms with Gasteiger partial charge in [-0.2, -0.15) is 8.42 Å². The first-order valence-corrected chi connectivity index (χ1v) is 8.81. The lowest BCUT2D eigenvalue weighted by atomic mass is 10.2. The predicted octanol–water partition coefficient (Wildman–Crippen LogP) is 2.38. The van der Waals surface area contributed by atoms with Gasteiger partial charge < -0.3 is 9.47 Å². The minimum absolute atomic E-state index is 0.0815. The molecule has 9 heteroatoms. The Kier molecular flexibility index (Phi) is 6.76. The minimum Gasteiger partial charge on any atom is -0.494 e. The summed E-state index contributed by atoms with van der Waals surface area (Å²) >= 11 is 3.31. The number of benzene rings is 1. The van der Waals surface area contributed by atoms with Gasteiger partial charge in [-0.3, -0.25) is 4.72 Å². The second-order valence-electron chi connectivity index (χ2n) is 3.82. The summed E-state index contributed by atoms with van der Waals surface area (Å²) in [5.74, 6) is 0.663. The van der Waals surface area contributed by atoms with Crippen molar-refractivity contribution in [1.82, 2.24) is 4.72 Å². The second-order valence-corrected chi connectivity index (χ2v) is 5.79. The SMILES string of the molecule is CCOC(=O)NS(=O)(=O)Nc1ccc(OCC)c(CBr)c1. The van der Waals surface area contributed by atoms with Crippen molar-refractivity contribution in [3.05, 3.63) is 23.8 Å². The standard InChI is InChI=1S/C12H17BrN2O5S/c1-3-19-11-6-5-10(7-9(11)8-13)14-21(17,18)15-12(16)20-4-2/h5-7,14H,3-4,8H2,1-2H3,(H,15,16). The number of halogens is 1. The molecule has 0 saturated carbocycles. The highest BCUT2D eigenvalue weighted by Crippen LogP contribution is 2.25. The van der Waals surface area contributed by atoms with E-state index < -0.39 is 16.3 Å². The Hall–Kier alpha value is -1.48. The van der Waals surface area contributed by atoms with E-state index in [4.69, 9.17) is 4.74 Å². The molecule has 0 radical (unpaired) electrons. The monoisotopic (exact) mass is 380 g/mol. The van der Waals surface area contributed by atoms with Crippen molar-refractivity contribution in [3.8, 4) is 5.75 Å². The van der Waals surface area contributed by atoms with E-state index in [1.165, 1.54) is 0 Å². The summed E-state index contributed by atoms with van der Waals surface area (Å²) in [6, 6.07) is 4.81. The fourth-order valence-electron chi connectivity index (χ4n) is 1.49. The topological polar surface area (TPSA) is 93.7 Å². The van der Waals surface area contributed by atoms with Crippen molar-refractivity contribution < 1.29 is 22.7 Å². The van der Waals surface area contributed by atoms with Crippen LogP contribution >= 0.6 is 15.9 Å². The van der Waals surface area contributed by atoms with Crippen molar-refractivity contribution in [2.75, 3.05) is 17.9 Å². The maximum absolute atomic E-state index is 11.7. The molecule has 1 rings (SSSR count). The van der Waals surface area contributed by atoms with E-state index in [-0.39, 0.29) is 6.61 Å². The molecule has 7 nitrogen and oxygen atoms in total. The Labute approximate surface area is 132 Å². The lowest BCUT2D eigenvalue weighted by Crippen LogP contribution is -2.35. The zero-order valence-corrected chi connectivity index (χ0v) is 14.1. The van der Waals surface area contributed by atoms with Crippen molar-refractivity contribution in [2.45, 2.75) is 19.2 Å². The summed E-state index contributed by atoms with van der Waals surface area (Å²) < 4.78 is 37.4. The van der Waals surface area contributed by atoms with Crippen LogP contribution in [-0.4, -0.2) is 27.7 Å². The summed E-state index contributed by atoms with van der Waals surface area (Å²) in [6.45, 7) is 4.03. The molecule has 0 atom stereocenters. The first-order chi connectivity index (χ1) is 9.91. The molecule has 118 valence electrons. The van der Waals surface area contributed by atoms with Crippen LogP contribution in [0.5, 0.6) is 5.75 Å². The number of carbonyl (C=O) groups is 1. The number of alkyl halides is 1. The Morgan fingerprint density at radius 3 is 2.57 bits per heavy atom. The predicted molar refractivity (Wildman–Crippen MR) is 82.9 cm³/mol. The summed E-state index contributed by atoms with van der Waals surface area (Å²) in [7, 11) is -4.04. The fourth-order valence-corrected chi connectivity index (χ4v) is 2.70. The first-order valence-electron chi connectivity index (χ1n) is 6.20. The van der Waals surface area contributed by atoms with Crippen LogP contribution in [0.15, 0.2) is 18.2 Å². The van der Waals surface area contributed by atoms with Crippen LogP contribution in [0.3, 0.4) is 0 Å². The van der Waals surface area contributed by atoms with Gasteiger partial charge in [-0.1, -0.05) is 15.9 Å². The van der Waals surface area contributed by atoms with Crippen LogP contribution in [0, 0.1) is 0 Å². The van der Waals surface area contributed by atoms with Crippen molar-refractivity contribution in [3.63, 3.8) is 0 Å². The number of carbonyl (C=O) groups excluding carboxylic acids is 1. The number of hydrogen-bond donors (Lipinski definition) is 2. The van der Waals surface area contributed by atoms with E-state index in [2.05, 4.69) is 25.4 Å². The van der Waals surface area contributed by atoms with Gasteiger partial charge >= 0.3 is 16.3 Å². The third kappa shape index (κ3) is 5.80. The molecule has 0 aromatic heterocycles. The number of ether oxygens (including phenoxy) is 2. The summed E-state index contributed by atoms with van der Waals surface area (Å²) in [4.78, 5) is 11.1. The maximum atomic E-state index is 11.7. The Morgan fingerprint density at radius 2 is 2.00 bits per heavy atom. The molecule has 0 unspecified atom stereocenters. The summed E-state index contributed by atoms with van der Waals surface area (Å²) in [6.07, 6.45) is -1.03. The van der Waals surface area contributed by atoms with Crippen LogP contribution < -0.4 is 14.2 Å². The molecule has 1 amide bonds. The van der Waals surface area contributed by atoms with Gasteiger partial charge in [-0.05, 0) is 32.0 Å². The number of amides is 1. The molecule has 0 aliphatic carbocycles. The molecule has 0 aliphatic heterocycles. The van der Waals surface area contributed by atoms with Gasteiger partial charge in [0.05, 0.1) is 18.9 Å². The molecule has 1 aromatic rings. The van der Waals surface area contributed by atoms with Crippen LogP contribution in [0.1, 0.15) is 19.4 Å². The molecule has 0 fully saturated rings. The normalized spacial score (nSPS) is 10.8. The molecule has 0 spiro atoms. The van der Waals surface area contributed by atoms with Crippen molar-refractivity contribution in [2.24, 2.45) is 0 Å². The number of hydrogen-bond acceptors (Lipinski definition) is 5. The molecule has 0 bridgehead atoms. The number of rotatable bonds is 7. The van der Waals surface area contributed by atoms with E-state index >= 15 is 0 Å². The Balaban J connectivity index is 2.85. The van der Waals surface area contributed by atoms with Crippen molar-refractivity contribution >= 4 is 37.9 Å². The molecular formula is C12H17BrN2O5S. The Morgan fingerprint density at radius 1 is 1.29 bits per heavy atom. The Bertz CT molecular complexity index is 591.